The van der Waals surface area contributed by atoms with Crippen LogP contribution in [0.1, 0.15) is 109 Å². The number of para-hydroxylation sites is 1. The van der Waals surface area contributed by atoms with Crippen LogP contribution in [0.5, 0.6) is 11.5 Å². The number of hydrogen-bond acceptors (Lipinski definition) is 3. The van der Waals surface area contributed by atoms with Crippen LogP contribution in [0, 0.1) is 0 Å². The van der Waals surface area contributed by atoms with E-state index in [-0.39, 0.29) is 6.10 Å². The number of rotatable bonds is 17. The van der Waals surface area contributed by atoms with Gasteiger partial charge in [0.05, 0.1) is 6.10 Å². The van der Waals surface area contributed by atoms with Crippen LogP contribution >= 0.6 is 8.60 Å². The first-order valence-electron chi connectivity index (χ1n) is 13.8. The van der Waals surface area contributed by atoms with E-state index in [1.165, 1.54) is 89.0 Å². The second kappa shape index (κ2) is 17.0. The SMILES string of the molecule is CCCCCCCCCCCCc1cccc(OP(Oc2ccccc2)OC2CCCCC2)c1. The van der Waals surface area contributed by atoms with E-state index in [4.69, 9.17) is 13.6 Å². The summed E-state index contributed by atoms with van der Waals surface area (Å²) >= 11 is 0. The maximum absolute atomic E-state index is 6.33. The van der Waals surface area contributed by atoms with Crippen LogP contribution in [0.4, 0.5) is 0 Å². The van der Waals surface area contributed by atoms with Crippen LogP contribution in [0.2, 0.25) is 0 Å². The van der Waals surface area contributed by atoms with Crippen molar-refractivity contribution >= 4 is 8.60 Å². The average molecular weight is 485 g/mol. The Morgan fingerprint density at radius 1 is 0.676 bits per heavy atom. The normalized spacial score (nSPS) is 15.2. The summed E-state index contributed by atoms with van der Waals surface area (Å²) in [7, 11) is -1.48. The summed E-state index contributed by atoms with van der Waals surface area (Å²) in [6.45, 7) is 2.28. The van der Waals surface area contributed by atoms with Crippen molar-refractivity contribution in [1.29, 1.82) is 0 Å². The van der Waals surface area contributed by atoms with Crippen molar-refractivity contribution in [1.82, 2.24) is 0 Å². The minimum atomic E-state index is -1.48. The van der Waals surface area contributed by atoms with Gasteiger partial charge < -0.3 is 9.05 Å². The third-order valence-corrected chi connectivity index (χ3v) is 7.80. The highest BCUT2D eigenvalue weighted by Gasteiger charge is 2.25. The third-order valence-electron chi connectivity index (χ3n) is 6.61. The predicted molar refractivity (Wildman–Crippen MR) is 145 cm³/mol. The van der Waals surface area contributed by atoms with Gasteiger partial charge in [-0.3, -0.25) is 4.52 Å². The Kier molecular flexibility index (Phi) is 13.5. The summed E-state index contributed by atoms with van der Waals surface area (Å²) in [5.74, 6) is 1.65. The van der Waals surface area contributed by atoms with E-state index in [1.807, 2.05) is 36.4 Å². The van der Waals surface area contributed by atoms with Gasteiger partial charge in [-0.1, -0.05) is 114 Å². The average Bonchev–Trinajstić information content (AvgIpc) is 2.87. The maximum Gasteiger partial charge on any atom is 0.463 e. The zero-order chi connectivity index (χ0) is 23.7. The van der Waals surface area contributed by atoms with Gasteiger partial charge in [-0.15, -0.1) is 0 Å². The van der Waals surface area contributed by atoms with E-state index >= 15 is 0 Å². The van der Waals surface area contributed by atoms with E-state index in [1.54, 1.807) is 0 Å². The van der Waals surface area contributed by atoms with Gasteiger partial charge in [0.25, 0.3) is 0 Å². The Morgan fingerprint density at radius 2 is 1.29 bits per heavy atom. The molecule has 1 aliphatic carbocycles. The van der Waals surface area contributed by atoms with Gasteiger partial charge in [0.1, 0.15) is 11.5 Å². The van der Waals surface area contributed by atoms with Crippen molar-refractivity contribution in [3.05, 3.63) is 60.2 Å². The minimum absolute atomic E-state index is 0.235. The Hall–Kier alpha value is -1.57. The lowest BCUT2D eigenvalue weighted by atomic mass is 9.98. The molecule has 0 N–H and O–H groups in total. The summed E-state index contributed by atoms with van der Waals surface area (Å²) in [5.41, 5.74) is 1.34. The molecule has 0 spiro atoms. The zero-order valence-electron chi connectivity index (χ0n) is 21.3. The molecule has 3 rings (SSSR count). The van der Waals surface area contributed by atoms with E-state index in [0.717, 1.165) is 30.8 Å². The van der Waals surface area contributed by atoms with Crippen molar-refractivity contribution in [2.75, 3.05) is 0 Å². The number of unbranched alkanes of at least 4 members (excludes halogenated alkanes) is 9. The molecule has 0 aliphatic heterocycles. The fourth-order valence-electron chi connectivity index (χ4n) is 4.58. The van der Waals surface area contributed by atoms with Crippen molar-refractivity contribution in [3.8, 4) is 11.5 Å². The van der Waals surface area contributed by atoms with Crippen molar-refractivity contribution < 1.29 is 13.6 Å². The standard InChI is InChI=1S/C30H45O3P/c1-2-3-4-5-6-7-8-9-10-13-19-27-20-18-25-30(26-27)33-34(31-28-21-14-11-15-22-28)32-29-23-16-12-17-24-29/h11,14-15,18,20-22,25-26,29H,2-10,12-13,16-17,19,23-24H2,1H3. The van der Waals surface area contributed by atoms with Crippen LogP contribution in [0.3, 0.4) is 0 Å². The summed E-state index contributed by atoms with van der Waals surface area (Å²) in [5, 5.41) is 0. The van der Waals surface area contributed by atoms with Crippen molar-refractivity contribution in [3.63, 3.8) is 0 Å². The number of benzene rings is 2. The van der Waals surface area contributed by atoms with Crippen molar-refractivity contribution in [2.45, 2.75) is 116 Å². The maximum atomic E-state index is 6.33. The molecular formula is C30H45O3P. The molecule has 1 aliphatic rings. The van der Waals surface area contributed by atoms with Gasteiger partial charge in [-0.25, -0.2) is 0 Å². The summed E-state index contributed by atoms with van der Waals surface area (Å²) in [4.78, 5) is 0. The molecule has 0 bridgehead atoms. The molecule has 0 radical (unpaired) electrons. The molecular weight excluding hydrogens is 439 g/mol. The lowest BCUT2D eigenvalue weighted by molar-refractivity contribution is 0.138. The highest BCUT2D eigenvalue weighted by molar-refractivity contribution is 7.42. The van der Waals surface area contributed by atoms with Gasteiger partial charge in [0, 0.05) is 0 Å². The van der Waals surface area contributed by atoms with Crippen LogP contribution < -0.4 is 9.05 Å². The highest BCUT2D eigenvalue weighted by atomic mass is 31.2. The molecule has 0 saturated heterocycles. The Morgan fingerprint density at radius 3 is 2.00 bits per heavy atom. The zero-order valence-corrected chi connectivity index (χ0v) is 22.2. The Bertz CT molecular complexity index is 761. The Labute approximate surface area is 209 Å². The quantitative estimate of drug-likeness (QED) is 0.165. The molecule has 1 saturated carbocycles. The van der Waals surface area contributed by atoms with Gasteiger partial charge >= 0.3 is 8.60 Å². The number of hydrogen-bond donors (Lipinski definition) is 0. The molecule has 1 atom stereocenters. The summed E-state index contributed by atoms with van der Waals surface area (Å²) in [6.07, 6.45) is 21.0. The van der Waals surface area contributed by atoms with Gasteiger partial charge in [-0.05, 0) is 55.5 Å². The molecule has 188 valence electrons. The molecule has 0 heterocycles. The lowest BCUT2D eigenvalue weighted by Crippen LogP contribution is -2.16. The molecule has 2 aromatic carbocycles. The first kappa shape index (κ1) is 27.0. The molecule has 0 aromatic heterocycles. The van der Waals surface area contributed by atoms with Crippen molar-refractivity contribution in [2.24, 2.45) is 0 Å². The molecule has 1 fully saturated rings. The minimum Gasteiger partial charge on any atom is -0.418 e. The van der Waals surface area contributed by atoms with E-state index in [0.29, 0.717) is 0 Å². The first-order valence-corrected chi connectivity index (χ1v) is 14.9. The van der Waals surface area contributed by atoms with E-state index in [9.17, 15) is 0 Å². The highest BCUT2D eigenvalue weighted by Crippen LogP contribution is 2.44. The fraction of sp³-hybridized carbons (Fsp3) is 0.600. The van der Waals surface area contributed by atoms with E-state index in [2.05, 4.69) is 25.1 Å². The topological polar surface area (TPSA) is 27.7 Å². The van der Waals surface area contributed by atoms with E-state index < -0.39 is 8.60 Å². The smallest absolute Gasteiger partial charge is 0.418 e. The second-order valence-corrected chi connectivity index (χ2v) is 10.7. The molecule has 4 heteroatoms. The van der Waals surface area contributed by atoms with Gasteiger partial charge in [0.2, 0.25) is 0 Å². The van der Waals surface area contributed by atoms with Crippen LogP contribution in [-0.4, -0.2) is 6.10 Å². The molecule has 34 heavy (non-hydrogen) atoms. The largest absolute Gasteiger partial charge is 0.463 e. The molecule has 2 aromatic rings. The summed E-state index contributed by atoms with van der Waals surface area (Å²) < 4.78 is 18.8. The van der Waals surface area contributed by atoms with Crippen LogP contribution in [0.15, 0.2) is 54.6 Å². The van der Waals surface area contributed by atoms with Gasteiger partial charge in [0.15, 0.2) is 0 Å². The third kappa shape index (κ3) is 11.2. The summed E-state index contributed by atoms with van der Waals surface area (Å²) in [6, 6.07) is 18.4. The predicted octanol–water partition coefficient (Wildman–Crippen LogP) is 10.2. The van der Waals surface area contributed by atoms with Crippen LogP contribution in [-0.2, 0) is 10.9 Å². The molecule has 0 amide bonds. The molecule has 3 nitrogen and oxygen atoms in total. The lowest BCUT2D eigenvalue weighted by Gasteiger charge is -2.26. The first-order chi connectivity index (χ1) is 16.8. The Balaban J connectivity index is 1.42. The van der Waals surface area contributed by atoms with Gasteiger partial charge in [-0.2, -0.15) is 0 Å². The monoisotopic (exact) mass is 484 g/mol. The fourth-order valence-corrected chi connectivity index (χ4v) is 5.74. The molecule has 1 unspecified atom stereocenters. The van der Waals surface area contributed by atoms with Crippen LogP contribution in [0.25, 0.3) is 0 Å². The second-order valence-electron chi connectivity index (χ2n) is 9.66. The number of aryl methyl sites for hydroxylation is 1.